The van der Waals surface area contributed by atoms with E-state index < -0.39 is 17.9 Å². The highest BCUT2D eigenvalue weighted by molar-refractivity contribution is 5.97. The van der Waals surface area contributed by atoms with Crippen molar-refractivity contribution in [3.63, 3.8) is 0 Å². The molecule has 12 nitrogen and oxygen atoms in total. The molecule has 7 aromatic carbocycles. The van der Waals surface area contributed by atoms with Crippen LogP contribution in [0.25, 0.3) is 11.1 Å². The lowest BCUT2D eigenvalue weighted by Crippen LogP contribution is -2.14. The van der Waals surface area contributed by atoms with Crippen molar-refractivity contribution in [3.05, 3.63) is 208 Å². The maximum Gasteiger partial charge on any atom is 0.343 e. The number of rotatable bonds is 30. The summed E-state index contributed by atoms with van der Waals surface area (Å²) >= 11 is 0. The fraction of sp³-hybridized carbons (Fsp3) is 0.286. The van der Waals surface area contributed by atoms with Gasteiger partial charge >= 0.3 is 17.9 Å². The van der Waals surface area contributed by atoms with Crippen LogP contribution < -0.4 is 23.7 Å². The van der Waals surface area contributed by atoms with Crippen molar-refractivity contribution in [1.82, 2.24) is 0 Å². The van der Waals surface area contributed by atoms with Crippen LogP contribution in [0.4, 0.5) is 0 Å². The van der Waals surface area contributed by atoms with E-state index in [0.29, 0.717) is 42.9 Å². The normalized spacial score (nSPS) is 10.5. The maximum atomic E-state index is 13.7. The van der Waals surface area contributed by atoms with Crippen LogP contribution in [0, 0.1) is 35.0 Å². The molecule has 420 valence electrons. The highest BCUT2D eigenvalue weighted by Gasteiger charge is 2.21. The fourth-order valence-corrected chi connectivity index (χ4v) is 8.42. The number of aliphatic hydroxyl groups excluding tert-OH is 2. The van der Waals surface area contributed by atoms with Gasteiger partial charge in [0.1, 0.15) is 34.3 Å². The second-order valence-corrected chi connectivity index (χ2v) is 19.4. The van der Waals surface area contributed by atoms with Gasteiger partial charge in [-0.2, -0.15) is 5.26 Å². The lowest BCUT2D eigenvalue weighted by molar-refractivity contribution is 0.0490. The molecule has 82 heavy (non-hydrogen) atoms. The van der Waals surface area contributed by atoms with E-state index in [-0.39, 0.29) is 48.0 Å². The van der Waals surface area contributed by atoms with E-state index in [1.165, 1.54) is 18.2 Å². The summed E-state index contributed by atoms with van der Waals surface area (Å²) in [6, 6.07) is 50.1. The first-order valence-electron chi connectivity index (χ1n) is 28.2. The Morgan fingerprint density at radius 1 is 0.354 bits per heavy atom. The zero-order valence-electron chi connectivity index (χ0n) is 46.2. The number of esters is 3. The van der Waals surface area contributed by atoms with Gasteiger partial charge in [-0.1, -0.05) is 86.5 Å². The molecule has 0 bridgehead atoms. The zero-order valence-corrected chi connectivity index (χ0v) is 46.2. The van der Waals surface area contributed by atoms with Gasteiger partial charge < -0.3 is 38.6 Å². The second-order valence-electron chi connectivity index (χ2n) is 19.4. The Kier molecular flexibility index (Phi) is 25.2. The highest BCUT2D eigenvalue weighted by Crippen LogP contribution is 2.28. The molecule has 0 heterocycles. The average Bonchev–Trinajstić information content (AvgIpc) is 3.65. The molecule has 0 spiro atoms. The Labute approximate surface area is 481 Å². The van der Waals surface area contributed by atoms with Gasteiger partial charge in [0.05, 0.1) is 49.2 Å². The van der Waals surface area contributed by atoms with Crippen LogP contribution in [0.2, 0.25) is 0 Å². The third kappa shape index (κ3) is 20.8. The standard InChI is InChI=1S/C70H69NO11/c71-52-57-23-29-58(30-24-57)59-35-41-64(42-36-59)79-47-11-5-1-2-6-14-50-80-70(76)66-51-65(81-68(74)60-31-19-53(20-32-60)15-17-55-25-37-62(38-26-55)77-48-12-7-3-9-45-72)43-44-67(66)82-69(75)61-33-21-54(22-34-61)16-18-56-27-39-63(40-28-56)78-49-13-8-4-10-46-73/h19-44,51,72-73H,1-14,45-50H2. The van der Waals surface area contributed by atoms with Crippen molar-refractivity contribution in [3.8, 4) is 69.6 Å². The summed E-state index contributed by atoms with van der Waals surface area (Å²) in [7, 11) is 0. The minimum Gasteiger partial charge on any atom is -0.494 e. The Morgan fingerprint density at radius 3 is 1.12 bits per heavy atom. The van der Waals surface area contributed by atoms with Crippen LogP contribution in [0.1, 0.15) is 149 Å². The Morgan fingerprint density at radius 2 is 0.695 bits per heavy atom. The maximum absolute atomic E-state index is 13.7. The first kappa shape index (κ1) is 60.5. The molecule has 0 saturated heterocycles. The van der Waals surface area contributed by atoms with Gasteiger partial charge in [-0.15, -0.1) is 0 Å². The van der Waals surface area contributed by atoms with E-state index in [1.54, 1.807) is 60.7 Å². The Bertz CT molecular complexity index is 3270. The van der Waals surface area contributed by atoms with Gasteiger partial charge in [0.15, 0.2) is 0 Å². The Balaban J connectivity index is 0.908. The lowest BCUT2D eigenvalue weighted by Gasteiger charge is -2.13. The van der Waals surface area contributed by atoms with E-state index in [2.05, 4.69) is 29.8 Å². The SMILES string of the molecule is N#Cc1ccc(-c2ccc(OCCCCCCCCOC(=O)c3cc(OC(=O)c4ccc(C#Cc5ccc(OCCCCCCO)cc5)cc4)ccc3OC(=O)c3ccc(C#Cc4ccc(OCCCCCCO)cc4)cc3)cc2)cc1. The van der Waals surface area contributed by atoms with Crippen LogP contribution in [0.3, 0.4) is 0 Å². The molecule has 2 N–H and O–H groups in total. The molecular formula is C70H69NO11. The molecule has 12 heteroatoms. The molecule has 0 aliphatic carbocycles. The zero-order chi connectivity index (χ0) is 57.4. The summed E-state index contributed by atoms with van der Waals surface area (Å²) in [6.45, 7) is 2.38. The van der Waals surface area contributed by atoms with Crippen molar-refractivity contribution >= 4 is 17.9 Å². The van der Waals surface area contributed by atoms with Crippen molar-refractivity contribution in [2.24, 2.45) is 0 Å². The lowest BCUT2D eigenvalue weighted by atomic mass is 10.0. The Hall–Kier alpha value is -9.12. The van der Waals surface area contributed by atoms with Gasteiger partial charge in [0.2, 0.25) is 0 Å². The minimum absolute atomic E-state index is 0.0502. The first-order chi connectivity index (χ1) is 40.3. The smallest absolute Gasteiger partial charge is 0.343 e. The third-order valence-electron chi connectivity index (χ3n) is 13.1. The number of unbranched alkanes of at least 4 members (excludes halogenated alkanes) is 11. The number of carbonyl (C=O) groups excluding carboxylic acids is 3. The summed E-state index contributed by atoms with van der Waals surface area (Å²) in [4.78, 5) is 40.7. The van der Waals surface area contributed by atoms with Gasteiger partial charge in [0.25, 0.3) is 0 Å². The molecule has 0 unspecified atom stereocenters. The molecule has 7 rings (SSSR count). The van der Waals surface area contributed by atoms with Crippen LogP contribution in [0.5, 0.6) is 28.7 Å². The number of carbonyl (C=O) groups is 3. The van der Waals surface area contributed by atoms with Gasteiger partial charge in [-0.3, -0.25) is 0 Å². The molecule has 0 aromatic heterocycles. The number of nitriles is 1. The van der Waals surface area contributed by atoms with E-state index >= 15 is 0 Å². The molecule has 0 aliphatic rings. The van der Waals surface area contributed by atoms with E-state index in [9.17, 15) is 14.4 Å². The van der Waals surface area contributed by atoms with Crippen LogP contribution in [0.15, 0.2) is 164 Å². The molecule has 0 saturated carbocycles. The first-order valence-corrected chi connectivity index (χ1v) is 28.2. The van der Waals surface area contributed by atoms with Crippen LogP contribution in [-0.2, 0) is 4.74 Å². The summed E-state index contributed by atoms with van der Waals surface area (Å²) in [6.07, 6.45) is 12.7. The molecule has 0 atom stereocenters. The number of hydrogen-bond acceptors (Lipinski definition) is 12. The van der Waals surface area contributed by atoms with E-state index in [1.807, 2.05) is 84.9 Å². The molecule has 0 amide bonds. The van der Waals surface area contributed by atoms with Crippen molar-refractivity contribution in [1.29, 1.82) is 5.26 Å². The van der Waals surface area contributed by atoms with Gasteiger partial charge in [-0.25, -0.2) is 14.4 Å². The molecule has 0 radical (unpaired) electrons. The molecule has 0 aliphatic heterocycles. The monoisotopic (exact) mass is 1100 g/mol. The minimum atomic E-state index is -0.738. The van der Waals surface area contributed by atoms with Crippen molar-refractivity contribution in [2.45, 2.75) is 89.9 Å². The van der Waals surface area contributed by atoms with Crippen LogP contribution >= 0.6 is 0 Å². The fourth-order valence-electron chi connectivity index (χ4n) is 8.42. The topological polar surface area (TPSA) is 171 Å². The van der Waals surface area contributed by atoms with Crippen LogP contribution in [-0.4, -0.2) is 67.8 Å². The number of nitrogens with zero attached hydrogens (tertiary/aromatic N) is 1. The average molecular weight is 1100 g/mol. The van der Waals surface area contributed by atoms with Crippen molar-refractivity contribution in [2.75, 3.05) is 39.6 Å². The molecule has 7 aromatic rings. The van der Waals surface area contributed by atoms with E-state index in [4.69, 9.17) is 43.9 Å². The van der Waals surface area contributed by atoms with E-state index in [0.717, 1.165) is 123 Å². The second kappa shape index (κ2) is 34.1. The molecular weight excluding hydrogens is 1030 g/mol. The number of benzene rings is 7. The molecule has 0 fully saturated rings. The summed E-state index contributed by atoms with van der Waals surface area (Å²) < 4.78 is 34.9. The summed E-state index contributed by atoms with van der Waals surface area (Å²) in [5.41, 5.74) is 6.09. The highest BCUT2D eigenvalue weighted by atomic mass is 16.6. The predicted molar refractivity (Wildman–Crippen MR) is 316 cm³/mol. The third-order valence-corrected chi connectivity index (χ3v) is 13.1. The summed E-state index contributed by atoms with van der Waals surface area (Å²) in [5.74, 6) is 12.7. The number of hydrogen-bond donors (Lipinski definition) is 2. The van der Waals surface area contributed by atoms with Gasteiger partial charge in [-0.05, 0) is 202 Å². The van der Waals surface area contributed by atoms with Crippen molar-refractivity contribution < 1.29 is 53.0 Å². The number of ether oxygens (including phenoxy) is 6. The summed E-state index contributed by atoms with van der Waals surface area (Å²) in [5, 5.41) is 27.0. The largest absolute Gasteiger partial charge is 0.494 e. The number of aliphatic hydroxyl groups is 2. The van der Waals surface area contributed by atoms with Gasteiger partial charge in [0, 0.05) is 35.5 Å². The predicted octanol–water partition coefficient (Wildman–Crippen LogP) is 13.9. The quantitative estimate of drug-likeness (QED) is 0.0189.